The SMILES string of the molecule is CCCCOC(=O)C(C)c1ccc2c(c1)SC[C@H]1CCCC[C@@H]1C2=O. The van der Waals surface area contributed by atoms with Crippen molar-refractivity contribution in [3.8, 4) is 0 Å². The average Bonchev–Trinajstić information content (AvgIpc) is 2.78. The van der Waals surface area contributed by atoms with Crippen LogP contribution >= 0.6 is 11.8 Å². The Morgan fingerprint density at radius 3 is 2.92 bits per heavy atom. The Hall–Kier alpha value is -1.29. The smallest absolute Gasteiger partial charge is 0.313 e. The summed E-state index contributed by atoms with van der Waals surface area (Å²) in [6, 6.07) is 5.92. The molecule has 3 nitrogen and oxygen atoms in total. The molecule has 1 heterocycles. The van der Waals surface area contributed by atoms with Gasteiger partial charge in [-0.3, -0.25) is 9.59 Å². The van der Waals surface area contributed by atoms with Crippen LogP contribution in [0.2, 0.25) is 0 Å². The molecule has 0 amide bonds. The van der Waals surface area contributed by atoms with E-state index in [1.165, 1.54) is 19.3 Å². The van der Waals surface area contributed by atoms with Gasteiger partial charge >= 0.3 is 5.97 Å². The number of esters is 1. The second-order valence-electron chi connectivity index (χ2n) is 7.32. The van der Waals surface area contributed by atoms with E-state index in [0.29, 0.717) is 18.3 Å². The summed E-state index contributed by atoms with van der Waals surface area (Å²) in [5.74, 6) is 1.58. The van der Waals surface area contributed by atoms with Crippen molar-refractivity contribution < 1.29 is 14.3 Å². The first kappa shape index (κ1) is 18.5. The van der Waals surface area contributed by atoms with Crippen LogP contribution in [0.1, 0.15) is 74.2 Å². The molecular weight excluding hydrogens is 332 g/mol. The average molecular weight is 361 g/mol. The molecule has 1 aromatic rings. The van der Waals surface area contributed by atoms with Gasteiger partial charge in [0.05, 0.1) is 12.5 Å². The lowest BCUT2D eigenvalue weighted by Crippen LogP contribution is -2.27. The van der Waals surface area contributed by atoms with Gasteiger partial charge in [0.25, 0.3) is 0 Å². The van der Waals surface area contributed by atoms with E-state index in [1.807, 2.05) is 25.1 Å². The van der Waals surface area contributed by atoms with E-state index in [9.17, 15) is 9.59 Å². The highest BCUT2D eigenvalue weighted by atomic mass is 32.2. The van der Waals surface area contributed by atoms with E-state index in [4.69, 9.17) is 4.74 Å². The van der Waals surface area contributed by atoms with Gasteiger partial charge in [0.15, 0.2) is 5.78 Å². The number of rotatable bonds is 5. The van der Waals surface area contributed by atoms with Gasteiger partial charge in [0.1, 0.15) is 0 Å². The van der Waals surface area contributed by atoms with Crippen molar-refractivity contribution in [3.63, 3.8) is 0 Å². The summed E-state index contributed by atoms with van der Waals surface area (Å²) in [5.41, 5.74) is 1.81. The molecule has 1 fully saturated rings. The second kappa shape index (κ2) is 8.39. The third kappa shape index (κ3) is 4.11. The number of fused-ring (bicyclic) bond motifs is 2. The minimum atomic E-state index is -0.289. The molecule has 136 valence electrons. The summed E-state index contributed by atoms with van der Waals surface area (Å²) in [7, 11) is 0. The minimum absolute atomic E-state index is 0.174. The summed E-state index contributed by atoms with van der Waals surface area (Å²) in [6.07, 6.45) is 6.54. The van der Waals surface area contributed by atoms with Crippen molar-refractivity contribution in [1.82, 2.24) is 0 Å². The fourth-order valence-corrected chi connectivity index (χ4v) is 5.19. The normalized spacial score (nSPS) is 24.0. The molecule has 0 radical (unpaired) electrons. The number of hydrogen-bond donors (Lipinski definition) is 0. The van der Waals surface area contributed by atoms with Gasteiger partial charge in [-0.15, -0.1) is 11.8 Å². The van der Waals surface area contributed by atoms with Crippen LogP contribution in [-0.4, -0.2) is 24.1 Å². The molecule has 4 heteroatoms. The summed E-state index contributed by atoms with van der Waals surface area (Å²) >= 11 is 1.79. The summed E-state index contributed by atoms with van der Waals surface area (Å²) in [4.78, 5) is 26.2. The third-order valence-corrected chi connectivity index (χ3v) is 6.81. The standard InChI is InChI=1S/C21H28O3S/c1-3-4-11-24-21(23)14(2)15-9-10-18-19(12-15)25-13-16-7-5-6-8-17(16)20(18)22/h9-10,12,14,16-17H,3-8,11,13H2,1-2H3/t14?,16-,17+/m1/s1. The summed E-state index contributed by atoms with van der Waals surface area (Å²) in [5, 5.41) is 0. The summed E-state index contributed by atoms with van der Waals surface area (Å²) in [6.45, 7) is 4.45. The Morgan fingerprint density at radius 2 is 2.12 bits per heavy atom. The molecule has 3 atom stereocenters. The molecule has 2 aliphatic rings. The Bertz CT molecular complexity index is 640. The Labute approximate surface area is 154 Å². The first-order valence-electron chi connectivity index (χ1n) is 9.59. The number of thioether (sulfide) groups is 1. The molecule has 1 aliphatic heterocycles. The van der Waals surface area contributed by atoms with Crippen LogP contribution in [0.25, 0.3) is 0 Å². The van der Waals surface area contributed by atoms with Crippen LogP contribution < -0.4 is 0 Å². The van der Waals surface area contributed by atoms with Gasteiger partial charge < -0.3 is 4.74 Å². The van der Waals surface area contributed by atoms with E-state index in [2.05, 4.69) is 6.92 Å². The third-order valence-electron chi connectivity index (χ3n) is 5.57. The topological polar surface area (TPSA) is 43.4 Å². The van der Waals surface area contributed by atoms with E-state index in [0.717, 1.165) is 41.0 Å². The van der Waals surface area contributed by atoms with Gasteiger partial charge in [0.2, 0.25) is 0 Å². The summed E-state index contributed by atoms with van der Waals surface area (Å²) < 4.78 is 5.35. The largest absolute Gasteiger partial charge is 0.465 e. The lowest BCUT2D eigenvalue weighted by molar-refractivity contribution is -0.145. The number of hydrogen-bond acceptors (Lipinski definition) is 4. The molecule has 1 aromatic carbocycles. The van der Waals surface area contributed by atoms with E-state index in [-0.39, 0.29) is 17.8 Å². The molecule has 0 saturated heterocycles. The molecule has 25 heavy (non-hydrogen) atoms. The predicted molar refractivity (Wildman–Crippen MR) is 101 cm³/mol. The molecule has 1 saturated carbocycles. The van der Waals surface area contributed by atoms with Crippen molar-refractivity contribution in [2.45, 2.75) is 63.2 Å². The fourth-order valence-electron chi connectivity index (χ4n) is 3.86. The Kier molecular flexibility index (Phi) is 6.21. The van der Waals surface area contributed by atoms with Crippen molar-refractivity contribution in [1.29, 1.82) is 0 Å². The van der Waals surface area contributed by atoms with Crippen LogP contribution in [0.4, 0.5) is 0 Å². The predicted octanol–water partition coefficient (Wildman–Crippen LogP) is 5.23. The molecule has 0 N–H and O–H groups in total. The number of ether oxygens (including phenoxy) is 1. The lowest BCUT2D eigenvalue weighted by Gasteiger charge is -2.28. The van der Waals surface area contributed by atoms with Crippen molar-refractivity contribution in [2.24, 2.45) is 11.8 Å². The highest BCUT2D eigenvalue weighted by molar-refractivity contribution is 7.99. The molecular formula is C21H28O3S. The quantitative estimate of drug-likeness (QED) is 0.533. The number of carbonyl (C=O) groups excluding carboxylic acids is 2. The van der Waals surface area contributed by atoms with Crippen LogP contribution in [0, 0.1) is 11.8 Å². The zero-order chi connectivity index (χ0) is 17.8. The maximum absolute atomic E-state index is 13.0. The van der Waals surface area contributed by atoms with Crippen molar-refractivity contribution in [2.75, 3.05) is 12.4 Å². The molecule has 0 bridgehead atoms. The number of unbranched alkanes of at least 4 members (excludes halogenated alkanes) is 1. The van der Waals surface area contributed by atoms with Crippen molar-refractivity contribution in [3.05, 3.63) is 29.3 Å². The van der Waals surface area contributed by atoms with E-state index >= 15 is 0 Å². The molecule has 1 unspecified atom stereocenters. The number of ketones is 1. The zero-order valence-electron chi connectivity index (χ0n) is 15.3. The van der Waals surface area contributed by atoms with Gasteiger partial charge in [0, 0.05) is 22.1 Å². The van der Waals surface area contributed by atoms with Gasteiger partial charge in [-0.1, -0.05) is 32.3 Å². The van der Waals surface area contributed by atoms with Crippen LogP contribution in [0.5, 0.6) is 0 Å². The van der Waals surface area contributed by atoms with Gasteiger partial charge in [-0.25, -0.2) is 0 Å². The Morgan fingerprint density at radius 1 is 1.32 bits per heavy atom. The van der Waals surface area contributed by atoms with Gasteiger partial charge in [-0.05, 0) is 49.8 Å². The highest BCUT2D eigenvalue weighted by Crippen LogP contribution is 2.42. The second-order valence-corrected chi connectivity index (χ2v) is 8.39. The maximum atomic E-state index is 13.0. The first-order valence-corrected chi connectivity index (χ1v) is 10.6. The van der Waals surface area contributed by atoms with Crippen LogP contribution in [-0.2, 0) is 9.53 Å². The zero-order valence-corrected chi connectivity index (χ0v) is 16.1. The fraction of sp³-hybridized carbons (Fsp3) is 0.619. The molecule has 3 rings (SSSR count). The lowest BCUT2D eigenvalue weighted by atomic mass is 9.76. The first-order chi connectivity index (χ1) is 12.1. The highest BCUT2D eigenvalue weighted by Gasteiger charge is 2.35. The number of Topliss-reactive ketones (excluding diaryl/α,β-unsaturated/α-hetero) is 1. The van der Waals surface area contributed by atoms with Crippen LogP contribution in [0.15, 0.2) is 23.1 Å². The van der Waals surface area contributed by atoms with Crippen LogP contribution in [0.3, 0.4) is 0 Å². The van der Waals surface area contributed by atoms with Crippen molar-refractivity contribution >= 4 is 23.5 Å². The van der Waals surface area contributed by atoms with E-state index in [1.54, 1.807) is 11.8 Å². The Balaban J connectivity index is 1.77. The minimum Gasteiger partial charge on any atom is -0.465 e. The maximum Gasteiger partial charge on any atom is 0.313 e. The number of carbonyl (C=O) groups is 2. The molecule has 0 aromatic heterocycles. The van der Waals surface area contributed by atoms with E-state index < -0.39 is 0 Å². The van der Waals surface area contributed by atoms with Gasteiger partial charge in [-0.2, -0.15) is 0 Å². The number of benzene rings is 1. The molecule has 1 aliphatic carbocycles. The monoisotopic (exact) mass is 360 g/mol. The molecule has 0 spiro atoms.